The number of esters is 1. The molecule has 1 aromatic carbocycles. The van der Waals surface area contributed by atoms with E-state index in [0.717, 1.165) is 0 Å². The topological polar surface area (TPSA) is 61.5 Å². The molecule has 0 saturated carbocycles. The van der Waals surface area contributed by atoms with Crippen molar-refractivity contribution >= 4 is 11.7 Å². The summed E-state index contributed by atoms with van der Waals surface area (Å²) in [7, 11) is 2.61. The fourth-order valence-electron chi connectivity index (χ4n) is 1.15. The first-order valence-corrected chi connectivity index (χ1v) is 4.27. The molecule has 0 atom stereocenters. The highest BCUT2D eigenvalue weighted by molar-refractivity contribution is 5.75. The molecule has 0 aliphatic carbocycles. The number of carbonyl (C=O) groups is 1. The molecule has 0 unspecified atom stereocenters. The molecule has 0 aliphatic heterocycles. The molecule has 82 valence electrons. The van der Waals surface area contributed by atoms with Crippen molar-refractivity contribution in [2.24, 2.45) is 0 Å². The Bertz CT molecular complexity index is 379. The molecule has 2 N–H and O–H groups in total. The van der Waals surface area contributed by atoms with Crippen LogP contribution >= 0.6 is 0 Å². The number of ether oxygens (including phenoxy) is 2. The molecule has 0 aliphatic rings. The Kier molecular flexibility index (Phi) is 3.49. The summed E-state index contributed by atoms with van der Waals surface area (Å²) in [5.74, 6) is -1.06. The Morgan fingerprint density at radius 2 is 2.13 bits per heavy atom. The molecule has 1 rings (SSSR count). The monoisotopic (exact) mass is 213 g/mol. The van der Waals surface area contributed by atoms with Gasteiger partial charge in [-0.05, 0) is 11.6 Å². The van der Waals surface area contributed by atoms with Gasteiger partial charge in [-0.1, -0.05) is 6.07 Å². The minimum atomic E-state index is -0.654. The fraction of sp³-hybridized carbons (Fsp3) is 0.300. The van der Waals surface area contributed by atoms with E-state index in [0.29, 0.717) is 5.56 Å². The Morgan fingerprint density at radius 3 is 2.67 bits per heavy atom. The van der Waals surface area contributed by atoms with Gasteiger partial charge >= 0.3 is 5.97 Å². The fourth-order valence-corrected chi connectivity index (χ4v) is 1.15. The summed E-state index contributed by atoms with van der Waals surface area (Å²) in [6.45, 7) is 0. The van der Waals surface area contributed by atoms with Crippen LogP contribution in [-0.4, -0.2) is 20.2 Å². The number of carbonyl (C=O) groups excluding carboxylic acids is 1. The molecule has 0 saturated heterocycles. The van der Waals surface area contributed by atoms with Crippen molar-refractivity contribution < 1.29 is 18.7 Å². The molecule has 0 spiro atoms. The number of rotatable bonds is 3. The van der Waals surface area contributed by atoms with Crippen molar-refractivity contribution in [1.29, 1.82) is 0 Å². The third kappa shape index (κ3) is 2.37. The van der Waals surface area contributed by atoms with Gasteiger partial charge < -0.3 is 15.2 Å². The molecule has 0 aromatic heterocycles. The minimum Gasteiger partial charge on any atom is -0.494 e. The molecule has 0 radical (unpaired) electrons. The van der Waals surface area contributed by atoms with Crippen LogP contribution < -0.4 is 10.5 Å². The van der Waals surface area contributed by atoms with E-state index in [1.165, 1.54) is 26.4 Å². The van der Waals surface area contributed by atoms with Crippen molar-refractivity contribution in [1.82, 2.24) is 0 Å². The molecule has 1 aromatic rings. The van der Waals surface area contributed by atoms with Crippen LogP contribution in [0.5, 0.6) is 5.75 Å². The lowest BCUT2D eigenvalue weighted by molar-refractivity contribution is -0.139. The average Bonchev–Trinajstić information content (AvgIpc) is 2.25. The van der Waals surface area contributed by atoms with Crippen molar-refractivity contribution in [2.45, 2.75) is 6.42 Å². The number of nitrogens with two attached hydrogens (primary N) is 1. The van der Waals surface area contributed by atoms with Gasteiger partial charge in [0.05, 0.1) is 26.3 Å². The summed E-state index contributed by atoms with van der Waals surface area (Å²) in [6, 6.07) is 2.96. The lowest BCUT2D eigenvalue weighted by atomic mass is 10.1. The highest BCUT2D eigenvalue weighted by Gasteiger charge is 2.13. The van der Waals surface area contributed by atoms with Gasteiger partial charge in [-0.3, -0.25) is 4.79 Å². The van der Waals surface area contributed by atoms with Gasteiger partial charge in [0.1, 0.15) is 0 Å². The summed E-state index contributed by atoms with van der Waals surface area (Å²) in [5, 5.41) is 0. The van der Waals surface area contributed by atoms with Crippen LogP contribution in [0.1, 0.15) is 5.56 Å². The second-order valence-corrected chi connectivity index (χ2v) is 2.91. The minimum absolute atomic E-state index is 0.0523. The molecular weight excluding hydrogens is 201 g/mol. The standard InChI is InChI=1S/C10H12FNO3/c1-14-7-4-3-6(5-8(13)15-2)10(12)9(7)11/h3-4H,5,12H2,1-2H3. The highest BCUT2D eigenvalue weighted by atomic mass is 19.1. The van der Waals surface area contributed by atoms with Crippen LogP contribution in [0, 0.1) is 5.82 Å². The lowest BCUT2D eigenvalue weighted by Crippen LogP contribution is -2.08. The van der Waals surface area contributed by atoms with Crippen LogP contribution in [0.25, 0.3) is 0 Å². The summed E-state index contributed by atoms with van der Waals surface area (Å²) in [4.78, 5) is 11.0. The van der Waals surface area contributed by atoms with E-state index in [2.05, 4.69) is 4.74 Å². The molecule has 0 heterocycles. The third-order valence-corrected chi connectivity index (χ3v) is 2.02. The van der Waals surface area contributed by atoms with Gasteiger partial charge in [-0.25, -0.2) is 4.39 Å². The molecule has 15 heavy (non-hydrogen) atoms. The lowest BCUT2D eigenvalue weighted by Gasteiger charge is -2.08. The number of nitrogen functional groups attached to an aromatic ring is 1. The number of benzene rings is 1. The smallest absolute Gasteiger partial charge is 0.310 e. The van der Waals surface area contributed by atoms with Gasteiger partial charge in [0, 0.05) is 0 Å². The highest BCUT2D eigenvalue weighted by Crippen LogP contribution is 2.26. The van der Waals surface area contributed by atoms with Crippen LogP contribution in [0.2, 0.25) is 0 Å². The van der Waals surface area contributed by atoms with Gasteiger partial charge in [0.2, 0.25) is 0 Å². The maximum Gasteiger partial charge on any atom is 0.310 e. The second kappa shape index (κ2) is 4.63. The van der Waals surface area contributed by atoms with E-state index < -0.39 is 11.8 Å². The number of methoxy groups -OCH3 is 2. The molecule has 0 bridgehead atoms. The zero-order valence-electron chi connectivity index (χ0n) is 8.54. The maximum atomic E-state index is 13.4. The van der Waals surface area contributed by atoms with Gasteiger partial charge in [0.15, 0.2) is 11.6 Å². The zero-order valence-corrected chi connectivity index (χ0v) is 8.54. The quantitative estimate of drug-likeness (QED) is 0.604. The van der Waals surface area contributed by atoms with Crippen molar-refractivity contribution in [3.8, 4) is 5.75 Å². The van der Waals surface area contributed by atoms with Gasteiger partial charge in [-0.15, -0.1) is 0 Å². The predicted molar refractivity (Wildman–Crippen MR) is 53.1 cm³/mol. The predicted octanol–water partition coefficient (Wildman–Crippen LogP) is 1.13. The summed E-state index contributed by atoms with van der Waals surface area (Å²) in [5.41, 5.74) is 5.80. The summed E-state index contributed by atoms with van der Waals surface area (Å²) >= 11 is 0. The second-order valence-electron chi connectivity index (χ2n) is 2.91. The van der Waals surface area contributed by atoms with Gasteiger partial charge in [0.25, 0.3) is 0 Å². The van der Waals surface area contributed by atoms with Crippen molar-refractivity contribution in [3.63, 3.8) is 0 Å². The first kappa shape index (κ1) is 11.3. The SMILES string of the molecule is COC(=O)Cc1ccc(OC)c(F)c1N. The molecule has 4 nitrogen and oxygen atoms in total. The Balaban J connectivity index is 3.01. The van der Waals surface area contributed by atoms with Crippen molar-refractivity contribution in [2.75, 3.05) is 20.0 Å². The van der Waals surface area contributed by atoms with E-state index in [1.54, 1.807) is 0 Å². The zero-order chi connectivity index (χ0) is 11.4. The maximum absolute atomic E-state index is 13.4. The van der Waals surface area contributed by atoms with Crippen LogP contribution in [0.3, 0.4) is 0 Å². The molecular formula is C10H12FNO3. The van der Waals surface area contributed by atoms with Crippen LogP contribution in [0.4, 0.5) is 10.1 Å². The van der Waals surface area contributed by atoms with Crippen molar-refractivity contribution in [3.05, 3.63) is 23.5 Å². The first-order chi connectivity index (χ1) is 7.10. The largest absolute Gasteiger partial charge is 0.494 e. The third-order valence-electron chi connectivity index (χ3n) is 2.02. The van der Waals surface area contributed by atoms with E-state index >= 15 is 0 Å². The first-order valence-electron chi connectivity index (χ1n) is 4.27. The summed E-state index contributed by atoms with van der Waals surface area (Å²) in [6.07, 6.45) is -0.0523. The van der Waals surface area contributed by atoms with E-state index in [4.69, 9.17) is 10.5 Å². The molecule has 5 heteroatoms. The number of hydrogen-bond donors (Lipinski definition) is 1. The summed E-state index contributed by atoms with van der Waals surface area (Å²) < 4.78 is 22.6. The van der Waals surface area contributed by atoms with Crippen LogP contribution in [0.15, 0.2) is 12.1 Å². The normalized spacial score (nSPS) is 9.80. The Labute approximate surface area is 86.8 Å². The van der Waals surface area contributed by atoms with E-state index in [-0.39, 0.29) is 17.9 Å². The van der Waals surface area contributed by atoms with Crippen LogP contribution in [-0.2, 0) is 16.0 Å². The van der Waals surface area contributed by atoms with E-state index in [1.807, 2.05) is 0 Å². The Morgan fingerprint density at radius 1 is 1.47 bits per heavy atom. The number of anilines is 1. The average molecular weight is 213 g/mol. The van der Waals surface area contributed by atoms with E-state index in [9.17, 15) is 9.18 Å². The van der Waals surface area contributed by atoms with Gasteiger partial charge in [-0.2, -0.15) is 0 Å². The molecule has 0 fully saturated rings. The molecule has 0 amide bonds. The number of halogens is 1. The number of hydrogen-bond acceptors (Lipinski definition) is 4. The Hall–Kier alpha value is -1.78.